The molecule has 0 aromatic rings. The molecule has 152 valence electrons. The topological polar surface area (TPSA) is 108 Å². The molecule has 1 heterocycles. The molecular weight excluding hydrogens is 376 g/mol. The van der Waals surface area contributed by atoms with Gasteiger partial charge in [-0.1, -0.05) is 12.5 Å². The number of hydrogen-bond acceptors (Lipinski definition) is 6. The van der Waals surface area contributed by atoms with Gasteiger partial charge in [0.2, 0.25) is 0 Å². The second-order valence-corrected chi connectivity index (χ2v) is 9.92. The van der Waals surface area contributed by atoms with E-state index in [0.29, 0.717) is 47.6 Å². The predicted octanol–water partition coefficient (Wildman–Crippen LogP) is 4.15. The highest BCUT2D eigenvalue weighted by Crippen LogP contribution is 2.36. The number of allylic oxidation sites excluding steroid dienone is 4. The van der Waals surface area contributed by atoms with Gasteiger partial charge >= 0.3 is 0 Å². The first-order valence-electron chi connectivity index (χ1n) is 9.73. The summed E-state index contributed by atoms with van der Waals surface area (Å²) in [6.07, 6.45) is 6.60. The van der Waals surface area contributed by atoms with Crippen LogP contribution in [0, 0.1) is 17.2 Å². The Kier molecular flexibility index (Phi) is 7.76. The average molecular weight is 405 g/mol. The third-order valence-corrected chi connectivity index (χ3v) is 7.74. The summed E-state index contributed by atoms with van der Waals surface area (Å²) in [7, 11) is -2.39. The van der Waals surface area contributed by atoms with Crippen LogP contribution in [0.3, 0.4) is 0 Å². The highest BCUT2D eigenvalue weighted by Gasteiger charge is 2.28. The minimum Gasteiger partial charge on any atom is -0.511 e. The Balaban J connectivity index is 2.39. The van der Waals surface area contributed by atoms with Crippen LogP contribution in [0.25, 0.3) is 0 Å². The maximum absolute atomic E-state index is 13.1. The molecular formula is C21H28N2O4S. The van der Waals surface area contributed by atoms with Gasteiger partial charge in [0.25, 0.3) is 0 Å². The lowest BCUT2D eigenvalue weighted by molar-refractivity contribution is -0.116. The van der Waals surface area contributed by atoms with Gasteiger partial charge in [0.05, 0.1) is 21.0 Å². The first-order chi connectivity index (χ1) is 13.3. The molecule has 1 atom stereocenters. The highest BCUT2D eigenvalue weighted by molar-refractivity contribution is 7.93. The lowest BCUT2D eigenvalue weighted by Gasteiger charge is -2.25. The van der Waals surface area contributed by atoms with E-state index in [0.717, 1.165) is 25.5 Å². The van der Waals surface area contributed by atoms with Crippen LogP contribution in [0.15, 0.2) is 38.6 Å². The normalized spacial score (nSPS) is 22.6. The SMILES string of the molecule is CC(C(=O)CCCC=O)=C(O)C1CC=C(C#N)C(N=S2(=O)CCCCC2)=C1C. The van der Waals surface area contributed by atoms with Crippen LogP contribution in [-0.2, 0) is 19.3 Å². The van der Waals surface area contributed by atoms with Crippen LogP contribution < -0.4 is 0 Å². The third kappa shape index (κ3) is 5.20. The van der Waals surface area contributed by atoms with Crippen LogP contribution in [-0.4, -0.2) is 32.9 Å². The number of nitrogens with zero attached hydrogens (tertiary/aromatic N) is 2. The molecule has 6 nitrogen and oxygen atoms in total. The summed E-state index contributed by atoms with van der Waals surface area (Å²) in [5.74, 6) is 0.372. The van der Waals surface area contributed by atoms with E-state index in [9.17, 15) is 24.2 Å². The maximum atomic E-state index is 13.1. The van der Waals surface area contributed by atoms with Gasteiger partial charge in [-0.15, -0.1) is 0 Å². The Bertz CT molecular complexity index is 884. The molecule has 7 heteroatoms. The van der Waals surface area contributed by atoms with Crippen molar-refractivity contribution in [1.29, 1.82) is 5.26 Å². The van der Waals surface area contributed by atoms with Gasteiger partial charge in [0.1, 0.15) is 18.1 Å². The monoisotopic (exact) mass is 404 g/mol. The van der Waals surface area contributed by atoms with E-state index in [-0.39, 0.29) is 23.5 Å². The van der Waals surface area contributed by atoms with Gasteiger partial charge < -0.3 is 9.90 Å². The van der Waals surface area contributed by atoms with E-state index in [1.807, 2.05) is 0 Å². The van der Waals surface area contributed by atoms with Gasteiger partial charge in [-0.25, -0.2) is 4.21 Å². The van der Waals surface area contributed by atoms with Crippen LogP contribution in [0.1, 0.15) is 58.8 Å². The summed E-state index contributed by atoms with van der Waals surface area (Å²) in [6.45, 7) is 3.35. The Hall–Kier alpha value is -2.20. The summed E-state index contributed by atoms with van der Waals surface area (Å²) in [6, 6.07) is 2.12. The number of rotatable bonds is 7. The number of aliphatic hydroxyl groups is 1. The number of aliphatic hydroxyl groups excluding tert-OH is 1. The number of nitriles is 1. The van der Waals surface area contributed by atoms with Gasteiger partial charge in [-0.2, -0.15) is 9.62 Å². The lowest BCUT2D eigenvalue weighted by atomic mass is 9.84. The number of hydrogen-bond donors (Lipinski definition) is 1. The molecule has 0 amide bonds. The minimum absolute atomic E-state index is 0.0341. The Labute approximate surface area is 167 Å². The summed E-state index contributed by atoms with van der Waals surface area (Å²) < 4.78 is 17.6. The molecule has 1 saturated heterocycles. The number of unbranched alkanes of at least 4 members (excludes halogenated alkanes) is 1. The van der Waals surface area contributed by atoms with Crippen LogP contribution in [0.5, 0.6) is 0 Å². The number of carbonyl (C=O) groups excluding carboxylic acids is 2. The molecule has 1 unspecified atom stereocenters. The van der Waals surface area contributed by atoms with Crippen molar-refractivity contribution in [3.63, 3.8) is 0 Å². The summed E-state index contributed by atoms with van der Waals surface area (Å²) in [4.78, 5) is 22.7. The molecule has 28 heavy (non-hydrogen) atoms. The highest BCUT2D eigenvalue weighted by atomic mass is 32.2. The second kappa shape index (κ2) is 9.83. The first kappa shape index (κ1) is 22.1. The molecule has 0 bridgehead atoms. The third-order valence-electron chi connectivity index (χ3n) is 5.37. The van der Waals surface area contributed by atoms with Crippen molar-refractivity contribution in [3.8, 4) is 6.07 Å². The number of ketones is 1. The fourth-order valence-corrected chi connectivity index (χ4v) is 5.82. The van der Waals surface area contributed by atoms with Gasteiger partial charge in [0.15, 0.2) is 5.78 Å². The van der Waals surface area contributed by atoms with Crippen LogP contribution >= 0.6 is 0 Å². The van der Waals surface area contributed by atoms with Crippen LogP contribution in [0.2, 0.25) is 0 Å². The van der Waals surface area contributed by atoms with Crippen molar-refractivity contribution >= 4 is 21.8 Å². The molecule has 2 rings (SSSR count). The van der Waals surface area contributed by atoms with E-state index >= 15 is 0 Å². The Morgan fingerprint density at radius 2 is 2.07 bits per heavy atom. The Morgan fingerprint density at radius 3 is 2.68 bits per heavy atom. The van der Waals surface area contributed by atoms with Crippen molar-refractivity contribution < 1.29 is 18.9 Å². The fourth-order valence-electron chi connectivity index (χ4n) is 3.55. The summed E-state index contributed by atoms with van der Waals surface area (Å²) in [5, 5.41) is 20.2. The minimum atomic E-state index is -2.39. The number of carbonyl (C=O) groups is 2. The van der Waals surface area contributed by atoms with Crippen molar-refractivity contribution in [2.75, 3.05) is 11.5 Å². The van der Waals surface area contributed by atoms with E-state index in [4.69, 9.17) is 0 Å². The fraction of sp³-hybridized carbons (Fsp3) is 0.571. The van der Waals surface area contributed by atoms with Gasteiger partial charge in [-0.3, -0.25) is 4.79 Å². The number of aldehydes is 1. The molecule has 0 saturated carbocycles. The molecule has 2 aliphatic rings. The predicted molar refractivity (Wildman–Crippen MR) is 109 cm³/mol. The van der Waals surface area contributed by atoms with Crippen molar-refractivity contribution in [2.24, 2.45) is 10.3 Å². The smallest absolute Gasteiger partial charge is 0.161 e. The molecule has 1 N–H and O–H groups in total. The first-order valence-corrected chi connectivity index (χ1v) is 11.6. The van der Waals surface area contributed by atoms with Gasteiger partial charge in [-0.05, 0) is 45.1 Å². The largest absolute Gasteiger partial charge is 0.511 e. The molecule has 1 aliphatic heterocycles. The molecule has 0 spiro atoms. The molecule has 1 aliphatic carbocycles. The molecule has 1 fully saturated rings. The molecule has 0 aromatic heterocycles. The van der Waals surface area contributed by atoms with E-state index in [1.54, 1.807) is 19.9 Å². The van der Waals surface area contributed by atoms with E-state index in [1.165, 1.54) is 0 Å². The standard InChI is InChI=1S/C21H28N2O4S/c1-15-18(21(26)16(2)19(25)8-4-5-11-24)10-9-17(14-22)20(15)23-28(27)12-6-3-7-13-28/h9,11,18,26H,3-8,10,12-13H2,1-2H3. The van der Waals surface area contributed by atoms with Crippen LogP contribution in [0.4, 0.5) is 0 Å². The quantitative estimate of drug-likeness (QED) is 0.297. The summed E-state index contributed by atoms with van der Waals surface area (Å²) in [5.41, 5.74) is 1.72. The maximum Gasteiger partial charge on any atom is 0.161 e. The molecule has 0 radical (unpaired) electrons. The zero-order valence-electron chi connectivity index (χ0n) is 16.6. The molecule has 0 aromatic carbocycles. The van der Waals surface area contributed by atoms with Gasteiger partial charge in [0, 0.05) is 35.8 Å². The summed E-state index contributed by atoms with van der Waals surface area (Å²) >= 11 is 0. The van der Waals surface area contributed by atoms with E-state index < -0.39 is 15.6 Å². The average Bonchev–Trinajstić information content (AvgIpc) is 2.69. The van der Waals surface area contributed by atoms with Crippen molar-refractivity contribution in [1.82, 2.24) is 0 Å². The lowest BCUT2D eigenvalue weighted by Crippen LogP contribution is -2.19. The Morgan fingerprint density at radius 1 is 1.39 bits per heavy atom. The number of Topliss-reactive ketones (excluding diaryl/α,β-unsaturated/α-hetero) is 1. The second-order valence-electron chi connectivity index (χ2n) is 7.37. The zero-order valence-corrected chi connectivity index (χ0v) is 17.4. The van der Waals surface area contributed by atoms with Crippen molar-refractivity contribution in [3.05, 3.63) is 34.3 Å². The zero-order chi connectivity index (χ0) is 20.7. The van der Waals surface area contributed by atoms with E-state index in [2.05, 4.69) is 10.4 Å². The van der Waals surface area contributed by atoms with Crippen molar-refractivity contribution in [2.45, 2.75) is 58.8 Å².